The smallest absolute Gasteiger partial charge is 0.335 e. The monoisotopic (exact) mass is 346 g/mol. The molecule has 1 aliphatic rings. The van der Waals surface area contributed by atoms with Crippen LogP contribution in [0.1, 0.15) is 74.9 Å². The summed E-state index contributed by atoms with van der Waals surface area (Å²) in [5.74, 6) is -0.530. The van der Waals surface area contributed by atoms with E-state index in [4.69, 9.17) is 5.73 Å². The first-order valence-corrected chi connectivity index (χ1v) is 9.05. The number of aromatic carboxylic acids is 1. The molecule has 1 fully saturated rings. The van der Waals surface area contributed by atoms with Gasteiger partial charge in [0.2, 0.25) is 5.91 Å². The Kier molecular flexibility index (Phi) is 5.76. The molecule has 0 aliphatic heterocycles. The summed E-state index contributed by atoms with van der Waals surface area (Å²) in [6.07, 6.45) is 4.62. The zero-order valence-electron chi connectivity index (χ0n) is 15.7. The molecule has 0 radical (unpaired) electrons. The van der Waals surface area contributed by atoms with Crippen molar-refractivity contribution in [1.82, 2.24) is 5.32 Å². The van der Waals surface area contributed by atoms with Gasteiger partial charge >= 0.3 is 5.97 Å². The number of carbonyl (C=O) groups is 2. The lowest BCUT2D eigenvalue weighted by atomic mass is 9.79. The van der Waals surface area contributed by atoms with Crippen LogP contribution in [-0.2, 0) is 16.8 Å². The van der Waals surface area contributed by atoms with Crippen LogP contribution in [0.25, 0.3) is 0 Å². The Balaban J connectivity index is 2.25. The number of amides is 1. The Morgan fingerprint density at radius 3 is 2.40 bits per heavy atom. The van der Waals surface area contributed by atoms with Crippen LogP contribution in [0.2, 0.25) is 0 Å². The van der Waals surface area contributed by atoms with Gasteiger partial charge < -0.3 is 16.2 Å². The molecule has 5 heteroatoms. The van der Waals surface area contributed by atoms with Gasteiger partial charge in [0, 0.05) is 18.2 Å². The standard InChI is InChI=1S/C20H30N2O3/c1-12(13-7-5-6-8-13)18(23)22-11-15-16(21)10-9-14(19(24)25)17(15)20(2,3)4/h9-10,12-13H,5-8,11,21H2,1-4H3,(H,22,23)(H,24,25). The third-order valence-corrected chi connectivity index (χ3v) is 5.29. The average molecular weight is 346 g/mol. The van der Waals surface area contributed by atoms with Crippen LogP contribution < -0.4 is 11.1 Å². The molecule has 1 unspecified atom stereocenters. The van der Waals surface area contributed by atoms with Crippen molar-refractivity contribution in [3.8, 4) is 0 Å². The molecule has 1 amide bonds. The molecule has 0 aromatic heterocycles. The molecule has 1 aromatic rings. The number of nitrogens with one attached hydrogen (secondary N) is 1. The maximum Gasteiger partial charge on any atom is 0.335 e. The number of carboxylic acid groups (broad SMARTS) is 1. The summed E-state index contributed by atoms with van der Waals surface area (Å²) in [6.45, 7) is 8.12. The summed E-state index contributed by atoms with van der Waals surface area (Å²) < 4.78 is 0. The molecule has 0 spiro atoms. The van der Waals surface area contributed by atoms with E-state index < -0.39 is 5.97 Å². The summed E-state index contributed by atoms with van der Waals surface area (Å²) in [5.41, 5.74) is 7.90. The molecule has 4 N–H and O–H groups in total. The van der Waals surface area contributed by atoms with Crippen molar-refractivity contribution in [2.24, 2.45) is 11.8 Å². The van der Waals surface area contributed by atoms with Crippen LogP contribution in [0.5, 0.6) is 0 Å². The summed E-state index contributed by atoms with van der Waals surface area (Å²) in [7, 11) is 0. The molecular weight excluding hydrogens is 316 g/mol. The molecule has 0 bridgehead atoms. The van der Waals surface area contributed by atoms with Crippen LogP contribution >= 0.6 is 0 Å². The van der Waals surface area contributed by atoms with Crippen LogP contribution in [0.4, 0.5) is 5.69 Å². The van der Waals surface area contributed by atoms with E-state index in [2.05, 4.69) is 5.32 Å². The van der Waals surface area contributed by atoms with E-state index in [-0.39, 0.29) is 29.3 Å². The molecule has 1 aliphatic carbocycles. The van der Waals surface area contributed by atoms with Gasteiger partial charge in [0.25, 0.3) is 0 Å². The third kappa shape index (κ3) is 4.33. The number of carbonyl (C=O) groups excluding carboxylic acids is 1. The Hall–Kier alpha value is -2.04. The minimum atomic E-state index is -0.975. The first-order valence-electron chi connectivity index (χ1n) is 9.05. The minimum Gasteiger partial charge on any atom is -0.478 e. The normalized spacial score (nSPS) is 16.6. The maximum absolute atomic E-state index is 12.5. The highest BCUT2D eigenvalue weighted by Gasteiger charge is 2.29. The second-order valence-electron chi connectivity index (χ2n) is 8.16. The second-order valence-corrected chi connectivity index (χ2v) is 8.16. The topological polar surface area (TPSA) is 92.4 Å². The lowest BCUT2D eigenvalue weighted by Gasteiger charge is -2.27. The van der Waals surface area contributed by atoms with E-state index in [9.17, 15) is 14.7 Å². The van der Waals surface area contributed by atoms with Crippen molar-refractivity contribution in [2.45, 2.75) is 65.3 Å². The first-order chi connectivity index (χ1) is 11.6. The number of hydrogen-bond donors (Lipinski definition) is 3. The summed E-state index contributed by atoms with van der Waals surface area (Å²) in [6, 6.07) is 3.16. The molecule has 5 nitrogen and oxygen atoms in total. The number of rotatable bonds is 5. The van der Waals surface area contributed by atoms with Crippen LogP contribution in [-0.4, -0.2) is 17.0 Å². The Labute approximate surface area is 150 Å². The molecule has 1 aromatic carbocycles. The molecule has 2 rings (SSSR count). The van der Waals surface area contributed by atoms with Crippen molar-refractivity contribution < 1.29 is 14.7 Å². The van der Waals surface area contributed by atoms with E-state index in [1.54, 1.807) is 12.1 Å². The van der Waals surface area contributed by atoms with Gasteiger partial charge in [-0.15, -0.1) is 0 Å². The molecule has 0 heterocycles. The molecule has 138 valence electrons. The maximum atomic E-state index is 12.5. The fourth-order valence-corrected chi connectivity index (χ4v) is 3.90. The van der Waals surface area contributed by atoms with E-state index in [0.29, 0.717) is 22.7 Å². The highest BCUT2D eigenvalue weighted by Crippen LogP contribution is 2.34. The molecule has 1 saturated carbocycles. The molecule has 1 atom stereocenters. The highest BCUT2D eigenvalue weighted by molar-refractivity contribution is 5.91. The number of hydrogen-bond acceptors (Lipinski definition) is 3. The van der Waals surface area contributed by atoms with Gasteiger partial charge in [-0.05, 0) is 47.4 Å². The van der Waals surface area contributed by atoms with E-state index >= 15 is 0 Å². The fourth-order valence-electron chi connectivity index (χ4n) is 3.90. The van der Waals surface area contributed by atoms with Crippen molar-refractivity contribution in [1.29, 1.82) is 0 Å². The van der Waals surface area contributed by atoms with Gasteiger partial charge in [-0.25, -0.2) is 4.79 Å². The quantitative estimate of drug-likeness (QED) is 0.709. The summed E-state index contributed by atoms with van der Waals surface area (Å²) in [4.78, 5) is 24.2. The van der Waals surface area contributed by atoms with Gasteiger partial charge in [0.1, 0.15) is 0 Å². The number of nitrogens with two attached hydrogens (primary N) is 1. The predicted molar refractivity (Wildman–Crippen MR) is 99.5 cm³/mol. The van der Waals surface area contributed by atoms with Gasteiger partial charge in [0.05, 0.1) is 5.56 Å². The van der Waals surface area contributed by atoms with Crippen molar-refractivity contribution >= 4 is 17.6 Å². The Morgan fingerprint density at radius 2 is 1.88 bits per heavy atom. The van der Waals surface area contributed by atoms with E-state index in [1.165, 1.54) is 12.8 Å². The van der Waals surface area contributed by atoms with Crippen molar-refractivity contribution in [2.75, 3.05) is 5.73 Å². The van der Waals surface area contributed by atoms with Gasteiger partial charge in [-0.1, -0.05) is 40.5 Å². The SMILES string of the molecule is CC(C(=O)NCc1c(N)ccc(C(=O)O)c1C(C)(C)C)C1CCCC1. The first kappa shape index (κ1) is 19.3. The highest BCUT2D eigenvalue weighted by atomic mass is 16.4. The lowest BCUT2D eigenvalue weighted by molar-refractivity contribution is -0.126. The minimum absolute atomic E-state index is 0.0203. The molecule has 25 heavy (non-hydrogen) atoms. The van der Waals surface area contributed by atoms with Crippen LogP contribution in [0, 0.1) is 11.8 Å². The van der Waals surface area contributed by atoms with Gasteiger partial charge in [-0.2, -0.15) is 0 Å². The lowest BCUT2D eigenvalue weighted by Crippen LogP contribution is -2.33. The summed E-state index contributed by atoms with van der Waals surface area (Å²) in [5, 5.41) is 12.5. The average Bonchev–Trinajstić information content (AvgIpc) is 3.05. The fraction of sp³-hybridized carbons (Fsp3) is 0.600. The number of anilines is 1. The number of carboxylic acids is 1. The molecule has 0 saturated heterocycles. The number of benzene rings is 1. The Bertz CT molecular complexity index is 656. The van der Waals surface area contributed by atoms with E-state index in [1.807, 2.05) is 27.7 Å². The van der Waals surface area contributed by atoms with Crippen molar-refractivity contribution in [3.63, 3.8) is 0 Å². The predicted octanol–water partition coefficient (Wildman–Crippen LogP) is 3.71. The Morgan fingerprint density at radius 1 is 1.28 bits per heavy atom. The van der Waals surface area contributed by atoms with Crippen LogP contribution in [0.15, 0.2) is 12.1 Å². The largest absolute Gasteiger partial charge is 0.478 e. The van der Waals surface area contributed by atoms with Gasteiger partial charge in [0.15, 0.2) is 0 Å². The van der Waals surface area contributed by atoms with Gasteiger partial charge in [-0.3, -0.25) is 4.79 Å². The zero-order chi connectivity index (χ0) is 18.8. The van der Waals surface area contributed by atoms with Crippen LogP contribution in [0.3, 0.4) is 0 Å². The molecular formula is C20H30N2O3. The summed E-state index contributed by atoms with van der Waals surface area (Å²) >= 11 is 0. The zero-order valence-corrected chi connectivity index (χ0v) is 15.7. The van der Waals surface area contributed by atoms with E-state index in [0.717, 1.165) is 12.8 Å². The second kappa shape index (κ2) is 7.46. The number of nitrogen functional groups attached to an aromatic ring is 1. The third-order valence-electron chi connectivity index (χ3n) is 5.29. The van der Waals surface area contributed by atoms with Crippen molar-refractivity contribution in [3.05, 3.63) is 28.8 Å².